The SMILES string of the molecule is CC1=C/C(=C/C=c2\c3cccc4c(S(=O)(=O)O)cc(S(=O)(=O)O)c(c43)n2Cc2ccc(S(=O)(=O)O)cc2)CC(C(=O)O)(C(=O)NCCS(=O)(=O)O)C1. The maximum atomic E-state index is 13.2. The van der Waals surface area contributed by atoms with Crippen molar-refractivity contribution in [2.75, 3.05) is 12.3 Å². The molecule has 6 N–H and O–H groups in total. The molecule has 0 bridgehead atoms. The first-order valence-electron chi connectivity index (χ1n) is 14.9. The summed E-state index contributed by atoms with van der Waals surface area (Å²) in [5.74, 6) is -3.40. The predicted molar refractivity (Wildman–Crippen MR) is 185 cm³/mol. The summed E-state index contributed by atoms with van der Waals surface area (Å²) in [6.45, 7) is 0.748. The second-order valence-corrected chi connectivity index (χ2v) is 17.9. The van der Waals surface area contributed by atoms with Gasteiger partial charge in [0.25, 0.3) is 40.5 Å². The van der Waals surface area contributed by atoms with Gasteiger partial charge in [-0.05, 0) is 55.2 Å². The third-order valence-corrected chi connectivity index (χ3v) is 11.8. The molecule has 1 atom stereocenters. The zero-order chi connectivity index (χ0) is 38.6. The van der Waals surface area contributed by atoms with Crippen LogP contribution in [0.2, 0.25) is 0 Å². The van der Waals surface area contributed by atoms with Crippen LogP contribution in [0.15, 0.2) is 86.5 Å². The van der Waals surface area contributed by atoms with Gasteiger partial charge in [0.15, 0.2) is 5.41 Å². The van der Waals surface area contributed by atoms with Crippen LogP contribution in [-0.4, -0.2) is 85.7 Å². The molecule has 1 unspecified atom stereocenters. The Hall–Kier alpha value is -4.48. The zero-order valence-electron chi connectivity index (χ0n) is 26.8. The van der Waals surface area contributed by atoms with Crippen LogP contribution in [0, 0.1) is 5.41 Å². The van der Waals surface area contributed by atoms with E-state index < -0.39 is 91.2 Å². The average molecular weight is 799 g/mol. The number of carboxylic acid groups (broad SMARTS) is 1. The lowest BCUT2D eigenvalue weighted by Gasteiger charge is -2.32. The van der Waals surface area contributed by atoms with Gasteiger partial charge in [-0.1, -0.05) is 48.1 Å². The largest absolute Gasteiger partial charge is 0.480 e. The Morgan fingerprint density at radius 1 is 0.827 bits per heavy atom. The third-order valence-electron chi connectivity index (χ3n) is 8.48. The standard InChI is InChI=1S/C31H30N2O15S4/c1-18-13-20(16-31(15-18,30(35)36)29(34)32-11-12-49(37,38)39)7-10-24-22-3-2-4-23-25(51(43,44)45)14-26(52(46,47)48)28(27(22)23)33(24)17-19-5-8-21(9-6-19)50(40,41)42/h2-10,13-14H,11-12,15-17H2,1H3,(H,32,34)(H,35,36)(H,37,38,39)(H,40,41,42)(H,43,44,45)(H,46,47,48)/b20-7-,24-10+. The molecule has 278 valence electrons. The number of benzene rings is 3. The van der Waals surface area contributed by atoms with Crippen molar-refractivity contribution in [3.05, 3.63) is 82.7 Å². The van der Waals surface area contributed by atoms with E-state index in [0.29, 0.717) is 17.2 Å². The molecule has 52 heavy (non-hydrogen) atoms. The van der Waals surface area contributed by atoms with Gasteiger partial charge < -0.3 is 15.0 Å². The average Bonchev–Trinajstić information content (AvgIpc) is 3.31. The summed E-state index contributed by atoms with van der Waals surface area (Å²) < 4.78 is 136. The topological polar surface area (TPSA) is 289 Å². The van der Waals surface area contributed by atoms with E-state index in [1.165, 1.54) is 47.1 Å². The third kappa shape index (κ3) is 7.80. The number of nitrogens with zero attached hydrogens (tertiary/aromatic N) is 1. The Kier molecular flexibility index (Phi) is 10.1. The minimum Gasteiger partial charge on any atom is -0.480 e. The maximum Gasteiger partial charge on any atom is 0.319 e. The monoisotopic (exact) mass is 798 g/mol. The van der Waals surface area contributed by atoms with Gasteiger partial charge in [-0.2, -0.15) is 33.7 Å². The number of hydrogen-bond acceptors (Lipinski definition) is 10. The van der Waals surface area contributed by atoms with Crippen LogP contribution in [0.3, 0.4) is 0 Å². The highest BCUT2D eigenvalue weighted by Crippen LogP contribution is 2.40. The maximum absolute atomic E-state index is 13.2. The fourth-order valence-electron chi connectivity index (χ4n) is 6.32. The minimum atomic E-state index is -5.20. The van der Waals surface area contributed by atoms with Gasteiger partial charge in [-0.15, -0.1) is 0 Å². The van der Waals surface area contributed by atoms with E-state index in [4.69, 9.17) is 4.55 Å². The smallest absolute Gasteiger partial charge is 0.319 e. The van der Waals surface area contributed by atoms with Crippen LogP contribution in [0.25, 0.3) is 27.8 Å². The van der Waals surface area contributed by atoms with E-state index >= 15 is 0 Å². The number of amides is 1. The molecule has 0 aliphatic heterocycles. The number of allylic oxidation sites excluding steroid dienone is 4. The minimum absolute atomic E-state index is 0.0158. The van der Waals surface area contributed by atoms with Crippen LogP contribution in [0.1, 0.15) is 25.3 Å². The van der Waals surface area contributed by atoms with Crippen molar-refractivity contribution in [3.63, 3.8) is 0 Å². The summed E-state index contributed by atoms with van der Waals surface area (Å²) in [6.07, 6.45) is 3.80. The Morgan fingerprint density at radius 2 is 1.44 bits per heavy atom. The Labute approximate surface area is 296 Å². The highest BCUT2D eigenvalue weighted by molar-refractivity contribution is 7.87. The fourth-order valence-corrected chi connectivity index (χ4v) is 8.67. The molecule has 1 heterocycles. The lowest BCUT2D eigenvalue weighted by atomic mass is 9.71. The van der Waals surface area contributed by atoms with E-state index in [1.807, 2.05) is 0 Å². The molecule has 0 spiro atoms. The molecular formula is C31H30N2O15S4. The molecular weight excluding hydrogens is 769 g/mol. The first-order chi connectivity index (χ1) is 23.9. The lowest BCUT2D eigenvalue weighted by molar-refractivity contribution is -0.156. The van der Waals surface area contributed by atoms with Crippen molar-refractivity contribution in [2.24, 2.45) is 5.41 Å². The first kappa shape index (κ1) is 38.7. The van der Waals surface area contributed by atoms with E-state index in [0.717, 1.165) is 12.1 Å². The van der Waals surface area contributed by atoms with Crippen molar-refractivity contribution >= 4 is 80.1 Å². The van der Waals surface area contributed by atoms with Gasteiger partial charge in [-0.3, -0.25) is 27.8 Å². The predicted octanol–water partition coefficient (Wildman–Crippen LogP) is 1.82. The van der Waals surface area contributed by atoms with Crippen LogP contribution in [0.4, 0.5) is 0 Å². The fraction of sp³-hybridized carbons (Fsp3) is 0.226. The van der Waals surface area contributed by atoms with E-state index in [1.54, 1.807) is 13.0 Å². The van der Waals surface area contributed by atoms with E-state index in [2.05, 4.69) is 5.32 Å². The molecule has 0 radical (unpaired) electrons. The van der Waals surface area contributed by atoms with Crippen LogP contribution in [0.5, 0.6) is 0 Å². The van der Waals surface area contributed by atoms with Crippen LogP contribution in [-0.2, 0) is 56.6 Å². The van der Waals surface area contributed by atoms with Crippen molar-refractivity contribution in [3.8, 4) is 0 Å². The van der Waals surface area contributed by atoms with Crippen molar-refractivity contribution in [1.82, 2.24) is 9.88 Å². The van der Waals surface area contributed by atoms with Gasteiger partial charge in [0.1, 0.15) is 9.79 Å². The van der Waals surface area contributed by atoms with Gasteiger partial charge >= 0.3 is 5.97 Å². The molecule has 1 aromatic heterocycles. The Balaban J connectivity index is 1.79. The molecule has 1 aliphatic carbocycles. The molecule has 5 rings (SSSR count). The summed E-state index contributed by atoms with van der Waals surface area (Å²) in [5.41, 5.74) is -1.25. The molecule has 21 heteroatoms. The van der Waals surface area contributed by atoms with Crippen molar-refractivity contribution in [1.29, 1.82) is 0 Å². The van der Waals surface area contributed by atoms with Crippen LogP contribution >= 0.6 is 0 Å². The first-order valence-corrected chi connectivity index (χ1v) is 20.8. The number of carbonyl (C=O) groups is 2. The van der Waals surface area contributed by atoms with Gasteiger partial charge in [0.05, 0.1) is 16.2 Å². The van der Waals surface area contributed by atoms with E-state index in [9.17, 15) is 62.0 Å². The highest BCUT2D eigenvalue weighted by Gasteiger charge is 2.48. The van der Waals surface area contributed by atoms with Gasteiger partial charge in [0.2, 0.25) is 5.91 Å². The Morgan fingerprint density at radius 3 is 2.00 bits per heavy atom. The summed E-state index contributed by atoms with van der Waals surface area (Å²) in [6, 6.07) is 9.61. The number of aromatic nitrogens is 1. The number of aliphatic carboxylic acids is 1. The molecule has 1 amide bonds. The molecule has 17 nitrogen and oxygen atoms in total. The molecule has 0 saturated carbocycles. The second kappa shape index (κ2) is 13.5. The normalized spacial score (nSPS) is 18.6. The van der Waals surface area contributed by atoms with Gasteiger partial charge in [-0.25, -0.2) is 0 Å². The molecule has 4 aromatic rings. The molecule has 0 fully saturated rings. The van der Waals surface area contributed by atoms with Gasteiger partial charge in [0, 0.05) is 34.6 Å². The van der Waals surface area contributed by atoms with Crippen molar-refractivity contribution in [2.45, 2.75) is 41.0 Å². The number of carbonyl (C=O) groups excluding carboxylic acids is 1. The van der Waals surface area contributed by atoms with E-state index in [-0.39, 0.29) is 45.6 Å². The van der Waals surface area contributed by atoms with Crippen LogP contribution < -0.4 is 10.7 Å². The van der Waals surface area contributed by atoms with Crippen molar-refractivity contribution < 1.29 is 66.6 Å². The number of hydrogen-bond donors (Lipinski definition) is 6. The number of nitrogens with one attached hydrogen (secondary N) is 1. The number of rotatable bonds is 11. The summed E-state index contributed by atoms with van der Waals surface area (Å²) in [5, 5.41) is 12.7. The zero-order valence-corrected chi connectivity index (χ0v) is 30.1. The summed E-state index contributed by atoms with van der Waals surface area (Å²) in [7, 11) is -19.3. The molecule has 1 aliphatic rings. The quantitative estimate of drug-likeness (QED) is 0.0932. The molecule has 0 saturated heterocycles. The lowest BCUT2D eigenvalue weighted by Crippen LogP contribution is -2.49. The number of carboxylic acids is 1. The summed E-state index contributed by atoms with van der Waals surface area (Å²) in [4.78, 5) is 23.6. The molecule has 3 aromatic carbocycles. The highest BCUT2D eigenvalue weighted by atomic mass is 32.2. The Bertz CT molecular complexity index is 2730. The second-order valence-electron chi connectivity index (χ2n) is 12.2. The summed E-state index contributed by atoms with van der Waals surface area (Å²) >= 11 is 0.